The fourth-order valence-electron chi connectivity index (χ4n) is 6.73. The quantitative estimate of drug-likeness (QED) is 0.564. The Labute approximate surface area is 217 Å². The van der Waals surface area contributed by atoms with E-state index in [9.17, 15) is 19.2 Å². The molecule has 1 aromatic heterocycles. The van der Waals surface area contributed by atoms with Gasteiger partial charge in [-0.2, -0.15) is 0 Å². The number of rotatable bonds is 8. The second-order valence-corrected chi connectivity index (χ2v) is 11.5. The topological polar surface area (TPSA) is 109 Å². The van der Waals surface area contributed by atoms with Crippen LogP contribution in [-0.2, 0) is 14.4 Å². The highest BCUT2D eigenvalue weighted by Crippen LogP contribution is 2.65. The van der Waals surface area contributed by atoms with Crippen LogP contribution in [0.4, 0.5) is 0 Å². The van der Waals surface area contributed by atoms with Crippen molar-refractivity contribution in [1.29, 1.82) is 0 Å². The number of hydrogen-bond acceptors (Lipinski definition) is 5. The lowest BCUT2D eigenvalue weighted by Gasteiger charge is -2.32. The van der Waals surface area contributed by atoms with Gasteiger partial charge in [0.2, 0.25) is 5.91 Å². The molecule has 8 heteroatoms. The number of ether oxygens (including phenoxy) is 1. The Morgan fingerprint density at radius 3 is 2.73 bits per heavy atom. The first-order chi connectivity index (χ1) is 17.7. The lowest BCUT2D eigenvalue weighted by Crippen LogP contribution is -2.54. The van der Waals surface area contributed by atoms with Gasteiger partial charge in [0.25, 0.3) is 5.91 Å². The molecule has 2 amide bonds. The van der Waals surface area contributed by atoms with Crippen molar-refractivity contribution in [1.82, 2.24) is 15.2 Å². The van der Waals surface area contributed by atoms with Gasteiger partial charge in [-0.15, -0.1) is 0 Å². The van der Waals surface area contributed by atoms with Gasteiger partial charge in [-0.3, -0.25) is 19.2 Å². The zero-order valence-electron chi connectivity index (χ0n) is 22.1. The van der Waals surface area contributed by atoms with Crippen molar-refractivity contribution in [3.05, 3.63) is 30.0 Å². The van der Waals surface area contributed by atoms with Gasteiger partial charge in [0, 0.05) is 36.2 Å². The van der Waals surface area contributed by atoms with E-state index < -0.39 is 12.1 Å². The molecular formula is C29H37N3O5. The summed E-state index contributed by atoms with van der Waals surface area (Å²) >= 11 is 0. The number of Topliss-reactive ketones (excluding diaryl/α,β-unsaturated/α-hetero) is 2. The first-order valence-corrected chi connectivity index (χ1v) is 13.5. The first kappa shape index (κ1) is 25.5. The lowest BCUT2D eigenvalue weighted by molar-refractivity contribution is -0.132. The highest BCUT2D eigenvalue weighted by atomic mass is 16.5. The molecule has 2 aliphatic carbocycles. The van der Waals surface area contributed by atoms with Gasteiger partial charge in [0.15, 0.2) is 5.78 Å². The van der Waals surface area contributed by atoms with Crippen LogP contribution < -0.4 is 10.1 Å². The van der Waals surface area contributed by atoms with Gasteiger partial charge in [-0.25, -0.2) is 0 Å². The van der Waals surface area contributed by atoms with Gasteiger partial charge >= 0.3 is 0 Å². The molecule has 37 heavy (non-hydrogen) atoms. The normalized spacial score (nSPS) is 27.0. The molecule has 5 rings (SSSR count). The van der Waals surface area contributed by atoms with Crippen LogP contribution in [0.2, 0.25) is 0 Å². The van der Waals surface area contributed by atoms with Gasteiger partial charge in [-0.05, 0) is 54.7 Å². The zero-order chi connectivity index (χ0) is 26.5. The molecule has 1 saturated heterocycles. The van der Waals surface area contributed by atoms with Crippen LogP contribution in [-0.4, -0.2) is 59.0 Å². The maximum atomic E-state index is 13.8. The van der Waals surface area contributed by atoms with Crippen molar-refractivity contribution in [2.75, 3.05) is 13.7 Å². The number of nitrogens with one attached hydrogen (secondary N) is 2. The number of likely N-dealkylation sites (tertiary alicyclic amines) is 1. The van der Waals surface area contributed by atoms with E-state index in [-0.39, 0.29) is 53.0 Å². The predicted octanol–water partition coefficient (Wildman–Crippen LogP) is 3.89. The Kier molecular flexibility index (Phi) is 6.62. The molecule has 0 spiro atoms. The highest BCUT2D eigenvalue weighted by molar-refractivity contribution is 6.02. The van der Waals surface area contributed by atoms with Crippen LogP contribution in [0.3, 0.4) is 0 Å². The molecule has 2 aromatic rings. The van der Waals surface area contributed by atoms with Crippen LogP contribution in [0.25, 0.3) is 10.9 Å². The number of hydrogen-bond donors (Lipinski definition) is 2. The Morgan fingerprint density at radius 2 is 2.03 bits per heavy atom. The summed E-state index contributed by atoms with van der Waals surface area (Å²) in [5, 5.41) is 3.80. The number of carbonyl (C=O) groups is 4. The lowest BCUT2D eigenvalue weighted by atomic mass is 9.82. The summed E-state index contributed by atoms with van der Waals surface area (Å²) in [5.74, 6) is 0.322. The molecular weight excluding hydrogens is 470 g/mol. The van der Waals surface area contributed by atoms with Crippen molar-refractivity contribution in [2.45, 2.75) is 71.4 Å². The standard InChI is InChI=1S/C29H37N3O5/c1-5-22(33)20(13-16-9-6-7-11-23(16)34)31-27(35)26-25-18(29(25,2)3)15-32(26)28(36)21-14-17-19(30-21)10-8-12-24(17)37-4/h8,10,12,14,16,18,20,25-26,30H,5-7,9,11,13,15H2,1-4H3,(H,31,35). The minimum atomic E-state index is -0.709. The molecule has 3 aliphatic rings. The summed E-state index contributed by atoms with van der Waals surface area (Å²) in [6.07, 6.45) is 3.80. The number of aromatic amines is 1. The first-order valence-electron chi connectivity index (χ1n) is 13.5. The fraction of sp³-hybridized carbons (Fsp3) is 0.586. The maximum absolute atomic E-state index is 13.8. The van der Waals surface area contributed by atoms with Crippen LogP contribution >= 0.6 is 0 Å². The molecule has 8 nitrogen and oxygen atoms in total. The predicted molar refractivity (Wildman–Crippen MR) is 139 cm³/mol. The second-order valence-electron chi connectivity index (χ2n) is 11.5. The number of ketones is 2. The third-order valence-electron chi connectivity index (χ3n) is 9.07. The molecule has 2 heterocycles. The molecule has 2 saturated carbocycles. The Hall–Kier alpha value is -3.16. The van der Waals surface area contributed by atoms with Crippen LogP contribution in [0.15, 0.2) is 24.3 Å². The number of aromatic nitrogens is 1. The minimum Gasteiger partial charge on any atom is -0.496 e. The molecule has 5 unspecified atom stereocenters. The van der Waals surface area contributed by atoms with E-state index in [0.717, 1.165) is 30.2 Å². The van der Waals surface area contributed by atoms with Crippen LogP contribution in [0, 0.1) is 23.2 Å². The number of H-pyrrole nitrogens is 1. The van der Waals surface area contributed by atoms with Gasteiger partial charge in [0.1, 0.15) is 23.3 Å². The number of fused-ring (bicyclic) bond motifs is 2. The molecule has 1 aliphatic heterocycles. The van der Waals surface area contributed by atoms with E-state index in [0.29, 0.717) is 30.8 Å². The molecule has 198 valence electrons. The van der Waals surface area contributed by atoms with Crippen molar-refractivity contribution >= 4 is 34.3 Å². The summed E-state index contributed by atoms with van der Waals surface area (Å²) in [7, 11) is 1.59. The molecule has 3 fully saturated rings. The Morgan fingerprint density at radius 1 is 1.24 bits per heavy atom. The number of nitrogens with zero attached hydrogens (tertiary/aromatic N) is 1. The van der Waals surface area contributed by atoms with Gasteiger partial charge < -0.3 is 19.9 Å². The Balaban J connectivity index is 1.39. The van der Waals surface area contributed by atoms with Gasteiger partial charge in [-0.1, -0.05) is 33.3 Å². The monoisotopic (exact) mass is 507 g/mol. The highest BCUT2D eigenvalue weighted by Gasteiger charge is 2.69. The average molecular weight is 508 g/mol. The zero-order valence-corrected chi connectivity index (χ0v) is 22.1. The third kappa shape index (κ3) is 4.44. The summed E-state index contributed by atoms with van der Waals surface area (Å²) < 4.78 is 5.44. The maximum Gasteiger partial charge on any atom is 0.271 e. The number of carbonyl (C=O) groups excluding carboxylic acids is 4. The van der Waals surface area contributed by atoms with E-state index in [4.69, 9.17) is 4.74 Å². The third-order valence-corrected chi connectivity index (χ3v) is 9.07. The average Bonchev–Trinajstić information content (AvgIpc) is 3.27. The number of methoxy groups -OCH3 is 1. The van der Waals surface area contributed by atoms with Crippen molar-refractivity contribution in [3.63, 3.8) is 0 Å². The fourth-order valence-corrected chi connectivity index (χ4v) is 6.73. The van der Waals surface area contributed by atoms with Gasteiger partial charge in [0.05, 0.1) is 13.2 Å². The van der Waals surface area contributed by atoms with Crippen LogP contribution in [0.1, 0.15) is 69.8 Å². The molecule has 2 N–H and O–H groups in total. The van der Waals surface area contributed by atoms with E-state index in [1.54, 1.807) is 25.0 Å². The summed E-state index contributed by atoms with van der Waals surface area (Å²) in [4.78, 5) is 57.6. The van der Waals surface area contributed by atoms with Crippen molar-refractivity contribution < 1.29 is 23.9 Å². The van der Waals surface area contributed by atoms with E-state index in [1.807, 2.05) is 18.2 Å². The van der Waals surface area contributed by atoms with E-state index >= 15 is 0 Å². The summed E-state index contributed by atoms with van der Waals surface area (Å²) in [5.41, 5.74) is 1.15. The molecule has 0 bridgehead atoms. The summed E-state index contributed by atoms with van der Waals surface area (Å²) in [6, 6.07) is 6.00. The van der Waals surface area contributed by atoms with Crippen LogP contribution in [0.5, 0.6) is 5.75 Å². The number of benzene rings is 1. The molecule has 5 atom stereocenters. The minimum absolute atomic E-state index is 0.0315. The van der Waals surface area contributed by atoms with Crippen molar-refractivity contribution in [2.24, 2.45) is 23.2 Å². The van der Waals surface area contributed by atoms with E-state index in [1.165, 1.54) is 0 Å². The second kappa shape index (κ2) is 9.62. The van der Waals surface area contributed by atoms with E-state index in [2.05, 4.69) is 24.1 Å². The molecule has 1 aromatic carbocycles. The Bertz CT molecular complexity index is 1250. The van der Waals surface area contributed by atoms with Crippen molar-refractivity contribution in [3.8, 4) is 5.75 Å². The smallest absolute Gasteiger partial charge is 0.271 e. The number of amides is 2. The largest absolute Gasteiger partial charge is 0.496 e. The summed E-state index contributed by atoms with van der Waals surface area (Å²) in [6.45, 7) is 6.54. The SMILES string of the molecule is CCC(=O)C(CC1CCCCC1=O)NC(=O)C1C2C(CN1C(=O)c1cc3c(OC)cccc3[nH]1)C2(C)C. The molecule has 0 radical (unpaired) electrons. The number of piperidine rings is 1.